The van der Waals surface area contributed by atoms with Crippen LogP contribution in [0.4, 0.5) is 0 Å². The Bertz CT molecular complexity index is 462. The van der Waals surface area contributed by atoms with Gasteiger partial charge in [0.15, 0.2) is 0 Å². The van der Waals surface area contributed by atoms with Crippen LogP contribution in [0.25, 0.3) is 0 Å². The lowest BCUT2D eigenvalue weighted by Gasteiger charge is -2.50. The highest BCUT2D eigenvalue weighted by Crippen LogP contribution is 2.54. The third-order valence-electron chi connectivity index (χ3n) is 5.95. The molecule has 0 amide bonds. The van der Waals surface area contributed by atoms with Crippen molar-refractivity contribution in [2.45, 2.75) is 85.2 Å². The maximum atomic E-state index is 13.0. The molecule has 0 radical (unpaired) electrons. The summed E-state index contributed by atoms with van der Waals surface area (Å²) >= 11 is 0. The van der Waals surface area contributed by atoms with Crippen molar-refractivity contribution in [3.05, 3.63) is 12.7 Å². The monoisotopic (exact) mass is 322 g/mol. The molecule has 3 nitrogen and oxygen atoms in total. The van der Waals surface area contributed by atoms with Gasteiger partial charge in [-0.15, -0.1) is 6.58 Å². The fraction of sp³-hybridized carbons (Fsp3) is 0.800. The molecule has 1 N–H and O–H groups in total. The summed E-state index contributed by atoms with van der Waals surface area (Å²) < 4.78 is 0. The molecule has 0 aromatic carbocycles. The number of hydrogen-bond donors (Lipinski definition) is 1. The van der Waals surface area contributed by atoms with Crippen molar-refractivity contribution in [3.63, 3.8) is 0 Å². The lowest BCUT2D eigenvalue weighted by Crippen LogP contribution is -2.47. The van der Waals surface area contributed by atoms with E-state index in [0.29, 0.717) is 19.3 Å². The van der Waals surface area contributed by atoms with Gasteiger partial charge >= 0.3 is 0 Å². The predicted molar refractivity (Wildman–Crippen MR) is 94.2 cm³/mol. The minimum absolute atomic E-state index is 0.0685. The summed E-state index contributed by atoms with van der Waals surface area (Å²) in [4.78, 5) is 24.4. The van der Waals surface area contributed by atoms with Gasteiger partial charge in [-0.3, -0.25) is 4.79 Å². The summed E-state index contributed by atoms with van der Waals surface area (Å²) in [6, 6.07) is 0. The van der Waals surface area contributed by atoms with E-state index >= 15 is 0 Å². The van der Waals surface area contributed by atoms with E-state index in [1.54, 1.807) is 13.8 Å². The van der Waals surface area contributed by atoms with Crippen LogP contribution in [0, 0.1) is 16.7 Å². The van der Waals surface area contributed by atoms with Gasteiger partial charge in [-0.05, 0) is 50.9 Å². The van der Waals surface area contributed by atoms with E-state index in [-0.39, 0.29) is 22.9 Å². The first kappa shape index (κ1) is 20.1. The minimum Gasteiger partial charge on any atom is -0.386 e. The topological polar surface area (TPSA) is 54.4 Å². The van der Waals surface area contributed by atoms with Gasteiger partial charge in [0.05, 0.1) is 5.60 Å². The summed E-state index contributed by atoms with van der Waals surface area (Å²) in [6.07, 6.45) is 6.62. The van der Waals surface area contributed by atoms with E-state index in [9.17, 15) is 14.7 Å². The number of ketones is 2. The van der Waals surface area contributed by atoms with E-state index in [4.69, 9.17) is 0 Å². The van der Waals surface area contributed by atoms with Crippen LogP contribution < -0.4 is 0 Å². The molecule has 1 fully saturated rings. The average Bonchev–Trinajstić information content (AvgIpc) is 2.43. The van der Waals surface area contributed by atoms with Gasteiger partial charge in [-0.1, -0.05) is 33.3 Å². The van der Waals surface area contributed by atoms with Gasteiger partial charge in [-0.25, -0.2) is 0 Å². The van der Waals surface area contributed by atoms with Gasteiger partial charge in [0.1, 0.15) is 11.6 Å². The van der Waals surface area contributed by atoms with Gasteiger partial charge < -0.3 is 9.90 Å². The molecule has 0 aromatic heterocycles. The van der Waals surface area contributed by atoms with E-state index in [0.717, 1.165) is 25.7 Å². The molecule has 0 aliphatic heterocycles. The number of aliphatic hydroxyl groups is 1. The second kappa shape index (κ2) is 7.29. The number of carbonyl (C=O) groups is 2. The van der Waals surface area contributed by atoms with Crippen molar-refractivity contribution in [2.75, 3.05) is 0 Å². The molecular formula is C20H34O3. The van der Waals surface area contributed by atoms with Gasteiger partial charge in [0.25, 0.3) is 0 Å². The summed E-state index contributed by atoms with van der Waals surface area (Å²) in [6.45, 7) is 13.5. The molecule has 0 bridgehead atoms. The average molecular weight is 322 g/mol. The zero-order valence-electron chi connectivity index (χ0n) is 15.6. The lowest BCUT2D eigenvalue weighted by molar-refractivity contribution is -0.140. The second-order valence-corrected chi connectivity index (χ2v) is 8.54. The first-order valence-electron chi connectivity index (χ1n) is 8.83. The van der Waals surface area contributed by atoms with E-state index in [2.05, 4.69) is 27.4 Å². The maximum absolute atomic E-state index is 13.0. The molecular weight excluding hydrogens is 288 g/mol. The summed E-state index contributed by atoms with van der Waals surface area (Å²) in [5.41, 5.74) is -1.32. The SMILES string of the molecule is C=CC(C)(O)CCC(=O)C1(C)CCCC(C)(C)C1CCC(C)=O. The smallest absolute Gasteiger partial charge is 0.139 e. The summed E-state index contributed by atoms with van der Waals surface area (Å²) in [5, 5.41) is 10.1. The van der Waals surface area contributed by atoms with Crippen LogP contribution in [0.15, 0.2) is 12.7 Å². The molecule has 0 spiro atoms. The van der Waals surface area contributed by atoms with Crippen molar-refractivity contribution < 1.29 is 14.7 Å². The fourth-order valence-electron chi connectivity index (χ4n) is 4.27. The van der Waals surface area contributed by atoms with Crippen LogP contribution in [0.5, 0.6) is 0 Å². The molecule has 0 aromatic rings. The van der Waals surface area contributed by atoms with Crippen LogP contribution >= 0.6 is 0 Å². The molecule has 1 rings (SSSR count). The Hall–Kier alpha value is -0.960. The molecule has 132 valence electrons. The highest BCUT2D eigenvalue weighted by Gasteiger charge is 2.49. The van der Waals surface area contributed by atoms with Crippen LogP contribution in [0.1, 0.15) is 79.6 Å². The first-order valence-corrected chi connectivity index (χ1v) is 8.83. The predicted octanol–water partition coefficient (Wildman–Crippen LogP) is 4.47. The number of Topliss-reactive ketones (excluding diaryl/α,β-unsaturated/α-hetero) is 2. The minimum atomic E-state index is -0.995. The number of hydrogen-bond acceptors (Lipinski definition) is 3. The zero-order chi connectivity index (χ0) is 17.9. The molecule has 0 heterocycles. The Morgan fingerprint density at radius 2 is 1.87 bits per heavy atom. The van der Waals surface area contributed by atoms with Gasteiger partial charge in [0, 0.05) is 18.3 Å². The van der Waals surface area contributed by atoms with Crippen molar-refractivity contribution >= 4 is 11.6 Å². The van der Waals surface area contributed by atoms with E-state index in [1.807, 2.05) is 0 Å². The third kappa shape index (κ3) is 5.00. The Kier molecular flexibility index (Phi) is 6.37. The Morgan fingerprint density at radius 3 is 2.39 bits per heavy atom. The van der Waals surface area contributed by atoms with E-state index < -0.39 is 11.0 Å². The lowest BCUT2D eigenvalue weighted by atomic mass is 9.53. The maximum Gasteiger partial charge on any atom is 0.139 e. The molecule has 3 heteroatoms. The number of carbonyl (C=O) groups excluding carboxylic acids is 2. The highest BCUT2D eigenvalue weighted by molar-refractivity contribution is 5.85. The van der Waals surface area contributed by atoms with Crippen LogP contribution in [0.2, 0.25) is 0 Å². The molecule has 1 aliphatic carbocycles. The summed E-state index contributed by atoms with van der Waals surface area (Å²) in [5.74, 6) is 0.630. The highest BCUT2D eigenvalue weighted by atomic mass is 16.3. The molecule has 1 saturated carbocycles. The molecule has 3 atom stereocenters. The molecule has 3 unspecified atom stereocenters. The normalized spacial score (nSPS) is 29.6. The Morgan fingerprint density at radius 1 is 1.26 bits per heavy atom. The van der Waals surface area contributed by atoms with Crippen LogP contribution in [0.3, 0.4) is 0 Å². The molecule has 0 saturated heterocycles. The summed E-state index contributed by atoms with van der Waals surface area (Å²) in [7, 11) is 0. The molecule has 23 heavy (non-hydrogen) atoms. The fourth-order valence-corrected chi connectivity index (χ4v) is 4.27. The van der Waals surface area contributed by atoms with Crippen molar-refractivity contribution in [2.24, 2.45) is 16.7 Å². The van der Waals surface area contributed by atoms with Crippen LogP contribution in [-0.4, -0.2) is 22.3 Å². The second-order valence-electron chi connectivity index (χ2n) is 8.54. The van der Waals surface area contributed by atoms with Crippen molar-refractivity contribution in [1.29, 1.82) is 0 Å². The largest absolute Gasteiger partial charge is 0.386 e. The number of rotatable bonds is 8. The standard InChI is InChI=1S/C20H34O3/c1-7-19(5,23)14-11-17(22)20(6)13-8-12-18(3,4)16(20)10-9-15(2)21/h7,16,23H,1,8-14H2,2-6H3. The van der Waals surface area contributed by atoms with Gasteiger partial charge in [0.2, 0.25) is 0 Å². The van der Waals surface area contributed by atoms with Gasteiger partial charge in [-0.2, -0.15) is 0 Å². The zero-order valence-corrected chi connectivity index (χ0v) is 15.6. The van der Waals surface area contributed by atoms with Crippen molar-refractivity contribution in [1.82, 2.24) is 0 Å². The quantitative estimate of drug-likeness (QED) is 0.671. The third-order valence-corrected chi connectivity index (χ3v) is 5.95. The van der Waals surface area contributed by atoms with Crippen LogP contribution in [-0.2, 0) is 9.59 Å². The first-order chi connectivity index (χ1) is 10.4. The Labute approximate surface area is 141 Å². The van der Waals surface area contributed by atoms with Crippen molar-refractivity contribution in [3.8, 4) is 0 Å². The van der Waals surface area contributed by atoms with E-state index in [1.165, 1.54) is 6.08 Å². The molecule has 1 aliphatic rings. The Balaban J connectivity index is 2.94.